The minimum absolute atomic E-state index is 0.0411. The van der Waals surface area contributed by atoms with Crippen LogP contribution in [-0.2, 0) is 13.6 Å². The van der Waals surface area contributed by atoms with Gasteiger partial charge in [0.2, 0.25) is 0 Å². The van der Waals surface area contributed by atoms with Crippen LogP contribution < -0.4 is 10.9 Å². The number of nitrogens with zero attached hydrogens (tertiary/aromatic N) is 1. The molecule has 1 aliphatic rings. The lowest BCUT2D eigenvalue weighted by atomic mass is 10.2. The van der Waals surface area contributed by atoms with Crippen molar-refractivity contribution in [2.24, 2.45) is 7.05 Å². The zero-order chi connectivity index (χ0) is 8.01. The number of rotatable bonds is 0. The second-order valence-corrected chi connectivity index (χ2v) is 2.97. The molecule has 0 spiro atoms. The van der Waals surface area contributed by atoms with Gasteiger partial charge in [-0.05, 0) is 6.92 Å². The molecule has 1 aliphatic heterocycles. The van der Waals surface area contributed by atoms with Crippen LogP contribution in [0, 0.1) is 0 Å². The molecular weight excluding hydrogens is 142 g/mol. The summed E-state index contributed by atoms with van der Waals surface area (Å²) in [6, 6.07) is 0.300. The van der Waals surface area contributed by atoms with Crippen molar-refractivity contribution in [1.29, 1.82) is 0 Å². The van der Waals surface area contributed by atoms with E-state index in [9.17, 15) is 4.79 Å². The molecule has 0 bridgehead atoms. The van der Waals surface area contributed by atoms with Crippen LogP contribution in [0.1, 0.15) is 24.2 Å². The Labute approximate surface area is 64.2 Å². The van der Waals surface area contributed by atoms with Crippen molar-refractivity contribution in [2.75, 3.05) is 0 Å². The highest BCUT2D eigenvalue weighted by atomic mass is 16.1. The predicted molar refractivity (Wildman–Crippen MR) is 41.3 cm³/mol. The molecule has 0 saturated heterocycles. The van der Waals surface area contributed by atoms with Gasteiger partial charge in [0.05, 0.1) is 11.3 Å². The molecule has 0 saturated carbocycles. The quantitative estimate of drug-likeness (QED) is 0.546. The summed E-state index contributed by atoms with van der Waals surface area (Å²) < 4.78 is 1.79. The number of nitrogens with one attached hydrogen (secondary N) is 2. The molecular formula is C7H11N3O. The van der Waals surface area contributed by atoms with Gasteiger partial charge >= 0.3 is 0 Å². The summed E-state index contributed by atoms with van der Waals surface area (Å²) in [6.45, 7) is 2.76. The van der Waals surface area contributed by atoms with E-state index < -0.39 is 0 Å². The average Bonchev–Trinajstić information content (AvgIpc) is 2.41. The summed E-state index contributed by atoms with van der Waals surface area (Å²) in [4.78, 5) is 11.2. The second-order valence-electron chi connectivity index (χ2n) is 2.97. The molecule has 0 aromatic carbocycles. The molecule has 2 N–H and O–H groups in total. The molecule has 1 unspecified atom stereocenters. The van der Waals surface area contributed by atoms with E-state index in [1.54, 1.807) is 4.68 Å². The summed E-state index contributed by atoms with van der Waals surface area (Å²) in [5, 5.41) is 5.94. The van der Waals surface area contributed by atoms with Gasteiger partial charge in [0.15, 0.2) is 0 Å². The van der Waals surface area contributed by atoms with Gasteiger partial charge in [-0.25, -0.2) is 0 Å². The van der Waals surface area contributed by atoms with E-state index in [-0.39, 0.29) is 5.56 Å². The van der Waals surface area contributed by atoms with Crippen molar-refractivity contribution in [3.63, 3.8) is 0 Å². The Kier molecular flexibility index (Phi) is 1.20. The van der Waals surface area contributed by atoms with Crippen molar-refractivity contribution in [2.45, 2.75) is 19.5 Å². The summed E-state index contributed by atoms with van der Waals surface area (Å²) >= 11 is 0. The minimum Gasteiger partial charge on any atom is -0.304 e. The molecule has 0 fully saturated rings. The molecule has 2 heterocycles. The normalized spacial score (nSPS) is 22.2. The van der Waals surface area contributed by atoms with Crippen LogP contribution in [0.15, 0.2) is 4.79 Å². The third-order valence-electron chi connectivity index (χ3n) is 2.21. The molecule has 60 valence electrons. The van der Waals surface area contributed by atoms with Crippen molar-refractivity contribution >= 4 is 0 Å². The van der Waals surface area contributed by atoms with Crippen molar-refractivity contribution in [1.82, 2.24) is 15.1 Å². The van der Waals surface area contributed by atoms with E-state index in [2.05, 4.69) is 17.3 Å². The standard InChI is InChI=1S/C7H11N3O/c1-4-6-5(3-8-4)7(11)9-10(6)2/h4,8H,3H2,1-2H3,(H,9,11). The monoisotopic (exact) mass is 153 g/mol. The fourth-order valence-corrected chi connectivity index (χ4v) is 1.67. The van der Waals surface area contributed by atoms with Gasteiger partial charge in [0, 0.05) is 19.6 Å². The van der Waals surface area contributed by atoms with E-state index in [1.807, 2.05) is 7.05 Å². The van der Waals surface area contributed by atoms with Gasteiger partial charge in [0.25, 0.3) is 5.56 Å². The predicted octanol–water partition coefficient (Wildman–Crippen LogP) is -0.122. The number of fused-ring (bicyclic) bond motifs is 1. The highest BCUT2D eigenvalue weighted by Crippen LogP contribution is 2.20. The Hall–Kier alpha value is -1.03. The first-order valence-corrected chi connectivity index (χ1v) is 3.71. The lowest BCUT2D eigenvalue weighted by molar-refractivity contribution is 0.572. The summed E-state index contributed by atoms with van der Waals surface area (Å²) in [6.07, 6.45) is 0. The van der Waals surface area contributed by atoms with E-state index in [0.717, 1.165) is 11.3 Å². The number of H-pyrrole nitrogens is 1. The molecule has 4 nitrogen and oxygen atoms in total. The number of hydrogen-bond acceptors (Lipinski definition) is 2. The molecule has 1 aromatic rings. The minimum atomic E-state index is 0.0411. The summed E-state index contributed by atoms with van der Waals surface area (Å²) in [5.41, 5.74) is 2.02. The lowest BCUT2D eigenvalue weighted by Gasteiger charge is -2.04. The van der Waals surface area contributed by atoms with Crippen LogP contribution in [0.2, 0.25) is 0 Å². The molecule has 2 rings (SSSR count). The van der Waals surface area contributed by atoms with Crippen molar-refractivity contribution in [3.8, 4) is 0 Å². The molecule has 11 heavy (non-hydrogen) atoms. The second kappa shape index (κ2) is 1.98. The smallest absolute Gasteiger partial charge is 0.268 e. The Morgan fingerprint density at radius 1 is 1.64 bits per heavy atom. The maximum atomic E-state index is 11.2. The van der Waals surface area contributed by atoms with Gasteiger partial charge < -0.3 is 5.32 Å². The van der Waals surface area contributed by atoms with Gasteiger partial charge in [-0.3, -0.25) is 14.6 Å². The van der Waals surface area contributed by atoms with Crippen LogP contribution in [-0.4, -0.2) is 9.78 Å². The van der Waals surface area contributed by atoms with Crippen LogP contribution in [0.25, 0.3) is 0 Å². The third kappa shape index (κ3) is 0.758. The first-order valence-electron chi connectivity index (χ1n) is 3.71. The maximum absolute atomic E-state index is 11.2. The maximum Gasteiger partial charge on any atom is 0.268 e. The van der Waals surface area contributed by atoms with Gasteiger partial charge in [0.1, 0.15) is 0 Å². The third-order valence-corrected chi connectivity index (χ3v) is 2.21. The fraction of sp³-hybridized carbons (Fsp3) is 0.571. The van der Waals surface area contributed by atoms with Crippen LogP contribution in [0.5, 0.6) is 0 Å². The first kappa shape index (κ1) is 6.67. The highest BCUT2D eigenvalue weighted by molar-refractivity contribution is 5.25. The van der Waals surface area contributed by atoms with Crippen LogP contribution in [0.4, 0.5) is 0 Å². The number of aromatic nitrogens is 2. The Balaban J connectivity index is 2.69. The Morgan fingerprint density at radius 2 is 2.36 bits per heavy atom. The summed E-state index contributed by atoms with van der Waals surface area (Å²) in [7, 11) is 1.86. The number of hydrogen-bond donors (Lipinski definition) is 2. The molecule has 0 radical (unpaired) electrons. The van der Waals surface area contributed by atoms with E-state index >= 15 is 0 Å². The SMILES string of the molecule is CC1NCc2c1n(C)[nH]c2=O. The Morgan fingerprint density at radius 3 is 3.00 bits per heavy atom. The van der Waals surface area contributed by atoms with E-state index in [0.29, 0.717) is 12.6 Å². The van der Waals surface area contributed by atoms with Gasteiger partial charge in [-0.2, -0.15) is 0 Å². The molecule has 1 aromatic heterocycles. The average molecular weight is 153 g/mol. The number of aromatic amines is 1. The molecule has 4 heteroatoms. The van der Waals surface area contributed by atoms with Crippen LogP contribution in [0.3, 0.4) is 0 Å². The zero-order valence-electron chi connectivity index (χ0n) is 6.64. The summed E-state index contributed by atoms with van der Waals surface area (Å²) in [5.74, 6) is 0. The largest absolute Gasteiger partial charge is 0.304 e. The lowest BCUT2D eigenvalue weighted by Crippen LogP contribution is -2.15. The van der Waals surface area contributed by atoms with Crippen molar-refractivity contribution < 1.29 is 0 Å². The van der Waals surface area contributed by atoms with E-state index in [4.69, 9.17) is 0 Å². The van der Waals surface area contributed by atoms with Gasteiger partial charge in [-0.1, -0.05) is 0 Å². The van der Waals surface area contributed by atoms with Crippen molar-refractivity contribution in [3.05, 3.63) is 21.6 Å². The first-order chi connectivity index (χ1) is 5.20. The Bertz CT molecular complexity index is 336. The fourth-order valence-electron chi connectivity index (χ4n) is 1.67. The zero-order valence-corrected chi connectivity index (χ0v) is 6.64. The van der Waals surface area contributed by atoms with Crippen LogP contribution >= 0.6 is 0 Å². The van der Waals surface area contributed by atoms with E-state index in [1.165, 1.54) is 0 Å². The topological polar surface area (TPSA) is 49.8 Å². The molecule has 1 atom stereocenters. The molecule has 0 aliphatic carbocycles. The number of aryl methyl sites for hydroxylation is 1. The molecule has 0 amide bonds. The highest BCUT2D eigenvalue weighted by Gasteiger charge is 2.24. The van der Waals surface area contributed by atoms with Gasteiger partial charge in [-0.15, -0.1) is 0 Å².